The predicted molar refractivity (Wildman–Crippen MR) is 20.3 cm³/mol. The normalized spacial score (nSPS) is 4.83. The number of nitrogens with zero attached hydrogens (tertiary/aromatic N) is 1. The number of hydrogen-bond donors (Lipinski definition) is 0. The Morgan fingerprint density at radius 2 is 2.50 bits per heavy atom. The van der Waals surface area contributed by atoms with E-state index in [-0.39, 0.29) is 0 Å². The average Bonchev–Trinajstić information content (AvgIpc) is 1.61. The van der Waals surface area contributed by atoms with Crippen molar-refractivity contribution in [1.29, 1.82) is 0 Å². The molecule has 3 heteroatoms. The summed E-state index contributed by atoms with van der Waals surface area (Å²) in [7, 11) is 0. The van der Waals surface area contributed by atoms with Crippen molar-refractivity contribution >= 4 is 0 Å². The first-order valence-electron chi connectivity index (χ1n) is 1.32. The second-order valence-electron chi connectivity index (χ2n) is 0.518. The number of hydrogen-bond acceptors (Lipinski definition) is 3. The smallest absolute Gasteiger partial charge is 0.170 e. The van der Waals surface area contributed by atoms with E-state index in [1.165, 1.54) is 0 Å². The Morgan fingerprint density at radius 3 is 2.67 bits per heavy atom. The molecule has 0 aromatic heterocycles. The second kappa shape index (κ2) is 3.96. The Bertz CT molecular complexity index is 88.7. The minimum absolute atomic E-state index is 1.55. The van der Waals surface area contributed by atoms with E-state index in [1.807, 2.05) is 11.4 Å². The lowest BCUT2D eigenvalue weighted by Crippen LogP contribution is -1.57. The Kier molecular flexibility index (Phi) is 3.27. The van der Waals surface area contributed by atoms with Gasteiger partial charge in [-0.2, -0.15) is 0 Å². The van der Waals surface area contributed by atoms with E-state index in [0.29, 0.717) is 0 Å². The molecule has 0 atom stereocenters. The van der Waals surface area contributed by atoms with Crippen molar-refractivity contribution in [1.82, 2.24) is 0 Å². The summed E-state index contributed by atoms with van der Waals surface area (Å²) in [5, 5.41) is 2.00. The SMILES string of the molecule is CC#CON=O. The molecule has 0 saturated heterocycles. The molecule has 0 amide bonds. The molecule has 3 nitrogen and oxygen atoms in total. The lowest BCUT2D eigenvalue weighted by atomic mass is 10.8. The topological polar surface area (TPSA) is 38.7 Å². The molecule has 0 fully saturated rings. The maximum absolute atomic E-state index is 8.99. The van der Waals surface area contributed by atoms with Gasteiger partial charge in [-0.05, 0) is 0 Å². The van der Waals surface area contributed by atoms with E-state index in [1.54, 1.807) is 6.92 Å². The maximum atomic E-state index is 8.99. The van der Waals surface area contributed by atoms with Crippen LogP contribution in [0.2, 0.25) is 0 Å². The summed E-state index contributed by atoms with van der Waals surface area (Å²) < 4.78 is 0. The van der Waals surface area contributed by atoms with Gasteiger partial charge >= 0.3 is 0 Å². The van der Waals surface area contributed by atoms with Crippen molar-refractivity contribution in [2.24, 2.45) is 5.34 Å². The Labute approximate surface area is 35.2 Å². The van der Waals surface area contributed by atoms with Crippen LogP contribution < -0.4 is 0 Å². The molecule has 6 heavy (non-hydrogen) atoms. The molecule has 0 aliphatic carbocycles. The van der Waals surface area contributed by atoms with Gasteiger partial charge in [-0.15, -0.1) is 4.91 Å². The molecule has 32 valence electrons. The van der Waals surface area contributed by atoms with E-state index >= 15 is 0 Å². The van der Waals surface area contributed by atoms with Gasteiger partial charge in [0.2, 0.25) is 0 Å². The molecule has 0 bridgehead atoms. The van der Waals surface area contributed by atoms with Crippen LogP contribution in [0.1, 0.15) is 6.92 Å². The lowest BCUT2D eigenvalue weighted by Gasteiger charge is -1.64. The molecule has 0 radical (unpaired) electrons. The molecule has 0 rings (SSSR count). The van der Waals surface area contributed by atoms with Crippen LogP contribution in [-0.4, -0.2) is 0 Å². The van der Waals surface area contributed by atoms with Crippen molar-refractivity contribution in [3.05, 3.63) is 4.91 Å². The van der Waals surface area contributed by atoms with E-state index in [9.17, 15) is 0 Å². The molecule has 0 N–H and O–H groups in total. The van der Waals surface area contributed by atoms with Crippen LogP contribution in [0.4, 0.5) is 0 Å². The van der Waals surface area contributed by atoms with Gasteiger partial charge in [-0.25, -0.2) is 0 Å². The Balaban J connectivity index is 3.00. The fraction of sp³-hybridized carbons (Fsp3) is 0.333. The van der Waals surface area contributed by atoms with Gasteiger partial charge in [0.05, 0.1) is 0 Å². The second-order valence-corrected chi connectivity index (χ2v) is 0.518. The van der Waals surface area contributed by atoms with Crippen molar-refractivity contribution < 1.29 is 4.84 Å². The maximum Gasteiger partial charge on any atom is 0.170 e. The highest BCUT2D eigenvalue weighted by Crippen LogP contribution is 1.62. The van der Waals surface area contributed by atoms with Gasteiger partial charge < -0.3 is 0 Å². The summed E-state index contributed by atoms with van der Waals surface area (Å²) in [4.78, 5) is 12.7. The standard InChI is InChI=1S/C3H3NO2/c1-2-3-6-4-5/h1H3. The molecule has 0 heterocycles. The monoisotopic (exact) mass is 85.0 g/mol. The minimum atomic E-state index is 1.55. The van der Waals surface area contributed by atoms with Gasteiger partial charge in [0.25, 0.3) is 0 Å². The first kappa shape index (κ1) is 4.96. The van der Waals surface area contributed by atoms with Crippen LogP contribution in [-0.2, 0) is 4.84 Å². The summed E-state index contributed by atoms with van der Waals surface area (Å²) >= 11 is 0. The van der Waals surface area contributed by atoms with Crippen LogP contribution in [0.15, 0.2) is 5.34 Å². The highest BCUT2D eigenvalue weighted by molar-refractivity contribution is 4.84. The summed E-state index contributed by atoms with van der Waals surface area (Å²) in [5.74, 6) is 2.30. The van der Waals surface area contributed by atoms with Crippen molar-refractivity contribution in [2.45, 2.75) is 6.92 Å². The predicted octanol–water partition coefficient (Wildman–Crippen LogP) is 0.665. The van der Waals surface area contributed by atoms with Crippen molar-refractivity contribution in [2.75, 3.05) is 0 Å². The third-order valence-corrected chi connectivity index (χ3v) is 0.185. The fourth-order valence-corrected chi connectivity index (χ4v) is 0.0643. The summed E-state index contributed by atoms with van der Waals surface area (Å²) in [5.41, 5.74) is 0. The third-order valence-electron chi connectivity index (χ3n) is 0.185. The van der Waals surface area contributed by atoms with Crippen LogP contribution in [0.5, 0.6) is 0 Å². The minimum Gasteiger partial charge on any atom is -0.268 e. The zero-order valence-electron chi connectivity index (χ0n) is 3.26. The molecular weight excluding hydrogens is 82.0 g/mol. The summed E-state index contributed by atoms with van der Waals surface area (Å²) in [6.45, 7) is 1.55. The first-order valence-corrected chi connectivity index (χ1v) is 1.32. The molecular formula is C3H3NO2. The first-order chi connectivity index (χ1) is 2.91. The van der Waals surface area contributed by atoms with Crippen LogP contribution in [0.3, 0.4) is 0 Å². The van der Waals surface area contributed by atoms with Gasteiger partial charge in [0.1, 0.15) is 0 Å². The van der Waals surface area contributed by atoms with E-state index < -0.39 is 0 Å². The zero-order valence-corrected chi connectivity index (χ0v) is 3.26. The molecule has 0 saturated carbocycles. The highest BCUT2D eigenvalue weighted by atomic mass is 16.7. The van der Waals surface area contributed by atoms with Crippen LogP contribution in [0, 0.1) is 16.9 Å². The molecule has 0 spiro atoms. The highest BCUT2D eigenvalue weighted by Gasteiger charge is 1.57. The van der Waals surface area contributed by atoms with E-state index in [2.05, 4.69) is 10.8 Å². The third kappa shape index (κ3) is 2.96. The van der Waals surface area contributed by atoms with Gasteiger partial charge in [0.15, 0.2) is 11.4 Å². The molecule has 0 aliphatic rings. The summed E-state index contributed by atoms with van der Waals surface area (Å²) in [6, 6.07) is 0. The van der Waals surface area contributed by atoms with Crippen LogP contribution >= 0.6 is 0 Å². The zero-order chi connectivity index (χ0) is 4.83. The molecule has 0 aliphatic heterocycles. The number of rotatable bonds is 1. The fourth-order valence-electron chi connectivity index (χ4n) is 0.0643. The Hall–Kier alpha value is -1.04. The average molecular weight is 85.1 g/mol. The molecule has 0 aromatic carbocycles. The van der Waals surface area contributed by atoms with E-state index in [4.69, 9.17) is 4.91 Å². The molecule has 0 aromatic rings. The molecule has 0 unspecified atom stereocenters. The van der Waals surface area contributed by atoms with Gasteiger partial charge in [-0.1, -0.05) is 5.92 Å². The van der Waals surface area contributed by atoms with Gasteiger partial charge in [0, 0.05) is 6.92 Å². The van der Waals surface area contributed by atoms with E-state index in [0.717, 1.165) is 0 Å². The van der Waals surface area contributed by atoms with Crippen molar-refractivity contribution in [3.63, 3.8) is 0 Å². The summed E-state index contributed by atoms with van der Waals surface area (Å²) in [6.07, 6.45) is 1.97. The largest absolute Gasteiger partial charge is 0.268 e. The van der Waals surface area contributed by atoms with Crippen molar-refractivity contribution in [3.8, 4) is 12.0 Å². The van der Waals surface area contributed by atoms with Crippen LogP contribution in [0.25, 0.3) is 0 Å². The van der Waals surface area contributed by atoms with Gasteiger partial charge in [-0.3, -0.25) is 4.84 Å². The Morgan fingerprint density at radius 1 is 1.83 bits per heavy atom. The lowest BCUT2D eigenvalue weighted by molar-refractivity contribution is 0.292. The quantitative estimate of drug-likeness (QED) is 0.266.